The van der Waals surface area contributed by atoms with Crippen LogP contribution in [0.15, 0.2) is 116 Å². The molecule has 0 aliphatic carbocycles. The van der Waals surface area contributed by atoms with Crippen LogP contribution >= 0.6 is 0 Å². The number of nitrogens with one attached hydrogen (secondary N) is 2. The third-order valence-electron chi connectivity index (χ3n) is 8.87. The topological polar surface area (TPSA) is 164 Å². The van der Waals surface area contributed by atoms with E-state index in [1.165, 1.54) is 24.5 Å². The number of imide groups is 1. The minimum absolute atomic E-state index is 0.0174. The van der Waals surface area contributed by atoms with Crippen LogP contribution in [0.4, 0.5) is 4.79 Å². The highest BCUT2D eigenvalue weighted by Gasteiger charge is 2.42. The number of aliphatic hydroxyl groups excluding tert-OH is 1. The fraction of sp³-hybridized carbons (Fsp3) is 0.341. The first kappa shape index (κ1) is 39.4. The van der Waals surface area contributed by atoms with Gasteiger partial charge in [0.15, 0.2) is 0 Å². The van der Waals surface area contributed by atoms with Gasteiger partial charge in [0.2, 0.25) is 11.8 Å². The number of carbonyl (C=O) groups excluding carboxylic acids is 4. The standard InChI is InChI=1S/C41H49N5O6/c1-27(2)35(42)40(50)46(39(49)32-20-22-43-23-21-32)34(25-30-16-10-6-11-17-30)37(47)33(24-29-14-8-5-9-15-29)44-38(48)36(28(3)4)45-41(51)52-26-31-18-12-7-13-19-31/h5-23,27-28,33-37,47H,24-26,42H2,1-4H3,(H,44,48)(H,45,51)/t33?,34?,35-,36-,37?/m0/s1. The molecular formula is C41H49N5O6. The predicted molar refractivity (Wildman–Crippen MR) is 199 cm³/mol. The molecule has 4 amide bonds. The van der Waals surface area contributed by atoms with Crippen LogP contribution in [-0.2, 0) is 33.8 Å². The van der Waals surface area contributed by atoms with Crippen molar-refractivity contribution in [1.82, 2.24) is 20.5 Å². The molecule has 0 aliphatic rings. The Morgan fingerprint density at radius 1 is 0.731 bits per heavy atom. The van der Waals surface area contributed by atoms with Crippen molar-refractivity contribution < 1.29 is 29.0 Å². The molecule has 3 aromatic carbocycles. The zero-order valence-corrected chi connectivity index (χ0v) is 30.1. The van der Waals surface area contributed by atoms with Crippen LogP contribution in [0.2, 0.25) is 0 Å². The first-order chi connectivity index (χ1) is 25.0. The second-order valence-electron chi connectivity index (χ2n) is 13.5. The quantitative estimate of drug-likeness (QED) is 0.130. The van der Waals surface area contributed by atoms with Crippen LogP contribution in [-0.4, -0.2) is 69.1 Å². The van der Waals surface area contributed by atoms with E-state index >= 15 is 0 Å². The fourth-order valence-corrected chi connectivity index (χ4v) is 5.81. The zero-order valence-electron chi connectivity index (χ0n) is 30.1. The number of benzene rings is 3. The van der Waals surface area contributed by atoms with E-state index in [0.29, 0.717) is 0 Å². The highest BCUT2D eigenvalue weighted by molar-refractivity contribution is 6.06. The van der Waals surface area contributed by atoms with Gasteiger partial charge in [-0.3, -0.25) is 24.3 Å². The summed E-state index contributed by atoms with van der Waals surface area (Å²) in [5, 5.41) is 18.1. The molecular weight excluding hydrogens is 658 g/mol. The smallest absolute Gasteiger partial charge is 0.408 e. The summed E-state index contributed by atoms with van der Waals surface area (Å²) in [5.74, 6) is -2.58. The summed E-state index contributed by atoms with van der Waals surface area (Å²) in [5.41, 5.74) is 8.92. The van der Waals surface area contributed by atoms with Gasteiger partial charge in [-0.1, -0.05) is 119 Å². The number of pyridine rings is 1. The first-order valence-electron chi connectivity index (χ1n) is 17.5. The van der Waals surface area contributed by atoms with E-state index in [4.69, 9.17) is 10.5 Å². The molecule has 1 heterocycles. The number of alkyl carbamates (subject to hydrolysis) is 1. The van der Waals surface area contributed by atoms with Gasteiger partial charge in [-0.2, -0.15) is 0 Å². The average molecular weight is 708 g/mol. The lowest BCUT2D eigenvalue weighted by Crippen LogP contribution is -2.63. The first-order valence-corrected chi connectivity index (χ1v) is 17.5. The molecule has 11 nitrogen and oxygen atoms in total. The Hall–Kier alpha value is -5.39. The number of nitrogens with zero attached hydrogens (tertiary/aromatic N) is 2. The third kappa shape index (κ3) is 11.1. The summed E-state index contributed by atoms with van der Waals surface area (Å²) in [6.45, 7) is 7.14. The van der Waals surface area contributed by atoms with Gasteiger partial charge in [0.25, 0.3) is 5.91 Å². The number of aliphatic hydroxyl groups is 1. The van der Waals surface area contributed by atoms with E-state index in [1.54, 1.807) is 27.7 Å². The van der Waals surface area contributed by atoms with Crippen molar-refractivity contribution in [3.8, 4) is 0 Å². The Bertz CT molecular complexity index is 1720. The lowest BCUT2D eigenvalue weighted by atomic mass is 9.89. The second kappa shape index (κ2) is 19.3. The Morgan fingerprint density at radius 3 is 1.77 bits per heavy atom. The summed E-state index contributed by atoms with van der Waals surface area (Å²) < 4.78 is 5.40. The molecule has 4 rings (SSSR count). The molecule has 0 radical (unpaired) electrons. The summed E-state index contributed by atoms with van der Waals surface area (Å²) in [6, 6.07) is 26.3. The Labute approximate surface area is 305 Å². The number of aromatic nitrogens is 1. The highest BCUT2D eigenvalue weighted by Crippen LogP contribution is 2.23. The van der Waals surface area contributed by atoms with Crippen molar-refractivity contribution in [2.45, 2.75) is 77.4 Å². The van der Waals surface area contributed by atoms with E-state index in [9.17, 15) is 24.3 Å². The summed E-state index contributed by atoms with van der Waals surface area (Å²) in [7, 11) is 0. The molecule has 274 valence electrons. The van der Waals surface area contributed by atoms with Crippen molar-refractivity contribution in [3.63, 3.8) is 0 Å². The number of hydrogen-bond acceptors (Lipinski definition) is 8. The van der Waals surface area contributed by atoms with Crippen molar-refractivity contribution in [2.24, 2.45) is 17.6 Å². The summed E-state index contributed by atoms with van der Waals surface area (Å²) in [6.07, 6.45) is 0.837. The second-order valence-corrected chi connectivity index (χ2v) is 13.5. The Morgan fingerprint density at radius 2 is 1.25 bits per heavy atom. The van der Waals surface area contributed by atoms with Gasteiger partial charge in [-0.15, -0.1) is 0 Å². The van der Waals surface area contributed by atoms with E-state index in [0.717, 1.165) is 21.6 Å². The van der Waals surface area contributed by atoms with Crippen molar-refractivity contribution in [1.29, 1.82) is 0 Å². The molecule has 0 fully saturated rings. The molecule has 5 atom stereocenters. The molecule has 0 saturated carbocycles. The summed E-state index contributed by atoms with van der Waals surface area (Å²) in [4.78, 5) is 60.5. The maximum Gasteiger partial charge on any atom is 0.408 e. The molecule has 1 aromatic heterocycles. The molecule has 0 spiro atoms. The van der Waals surface area contributed by atoms with Gasteiger partial charge in [0, 0.05) is 18.0 Å². The van der Waals surface area contributed by atoms with Gasteiger partial charge in [0.05, 0.1) is 24.2 Å². The summed E-state index contributed by atoms with van der Waals surface area (Å²) >= 11 is 0. The number of nitrogens with two attached hydrogens (primary N) is 1. The van der Waals surface area contributed by atoms with Crippen LogP contribution < -0.4 is 16.4 Å². The predicted octanol–water partition coefficient (Wildman–Crippen LogP) is 4.68. The van der Waals surface area contributed by atoms with Crippen molar-refractivity contribution >= 4 is 23.8 Å². The van der Waals surface area contributed by atoms with E-state index in [1.807, 2.05) is 91.0 Å². The fourth-order valence-electron chi connectivity index (χ4n) is 5.81. The zero-order chi connectivity index (χ0) is 37.6. The third-order valence-corrected chi connectivity index (χ3v) is 8.87. The molecule has 4 aromatic rings. The van der Waals surface area contributed by atoms with E-state index in [-0.39, 0.29) is 36.8 Å². The number of carbonyl (C=O) groups is 4. The van der Waals surface area contributed by atoms with Crippen LogP contribution in [0, 0.1) is 11.8 Å². The highest BCUT2D eigenvalue weighted by atomic mass is 16.5. The number of hydrogen-bond donors (Lipinski definition) is 4. The lowest BCUT2D eigenvalue weighted by molar-refractivity contribution is -0.135. The maximum absolute atomic E-state index is 14.3. The van der Waals surface area contributed by atoms with Gasteiger partial charge >= 0.3 is 6.09 Å². The van der Waals surface area contributed by atoms with Crippen LogP contribution in [0.5, 0.6) is 0 Å². The SMILES string of the molecule is CC(C)[C@H](N)C(=O)N(C(=O)c1ccncc1)C(Cc1ccccc1)C(O)C(Cc1ccccc1)NC(=O)[C@@H](NC(=O)OCc1ccccc1)C(C)C. The minimum Gasteiger partial charge on any atom is -0.445 e. The van der Waals surface area contributed by atoms with Crippen LogP contribution in [0.3, 0.4) is 0 Å². The van der Waals surface area contributed by atoms with Crippen LogP contribution in [0.1, 0.15) is 54.7 Å². The molecule has 11 heteroatoms. The van der Waals surface area contributed by atoms with E-state index < -0.39 is 54.1 Å². The minimum atomic E-state index is -1.49. The van der Waals surface area contributed by atoms with Gasteiger partial charge in [0.1, 0.15) is 12.6 Å². The molecule has 52 heavy (non-hydrogen) atoms. The monoisotopic (exact) mass is 707 g/mol. The maximum atomic E-state index is 14.3. The molecule has 3 unspecified atom stereocenters. The van der Waals surface area contributed by atoms with E-state index in [2.05, 4.69) is 15.6 Å². The number of rotatable bonds is 16. The Balaban J connectivity index is 1.72. The number of ether oxygens (including phenoxy) is 1. The van der Waals surface area contributed by atoms with Crippen LogP contribution in [0.25, 0.3) is 0 Å². The molecule has 0 aliphatic heterocycles. The largest absolute Gasteiger partial charge is 0.445 e. The molecule has 0 saturated heterocycles. The Kier molecular flexibility index (Phi) is 14.6. The van der Waals surface area contributed by atoms with Gasteiger partial charge < -0.3 is 26.2 Å². The van der Waals surface area contributed by atoms with Crippen molar-refractivity contribution in [3.05, 3.63) is 138 Å². The van der Waals surface area contributed by atoms with Gasteiger partial charge in [-0.05, 0) is 53.5 Å². The molecule has 0 bridgehead atoms. The number of amides is 4. The van der Waals surface area contributed by atoms with Gasteiger partial charge in [-0.25, -0.2) is 4.79 Å². The normalized spacial score (nSPS) is 14.1. The molecule has 5 N–H and O–H groups in total. The van der Waals surface area contributed by atoms with Crippen molar-refractivity contribution in [2.75, 3.05) is 0 Å². The lowest BCUT2D eigenvalue weighted by Gasteiger charge is -2.39. The average Bonchev–Trinajstić information content (AvgIpc) is 3.16.